The molecule has 1 atom stereocenters. The number of benzene rings is 1. The Bertz CT molecular complexity index is 795. The largest absolute Gasteiger partial charge is 0.497 e. The van der Waals surface area contributed by atoms with Crippen LogP contribution in [-0.2, 0) is 23.5 Å². The third kappa shape index (κ3) is 4.15. The highest BCUT2D eigenvalue weighted by Gasteiger charge is 2.25. The fourth-order valence-electron chi connectivity index (χ4n) is 2.70. The van der Waals surface area contributed by atoms with E-state index in [0.717, 1.165) is 17.7 Å². The van der Waals surface area contributed by atoms with Gasteiger partial charge in [0.25, 0.3) is 0 Å². The predicted molar refractivity (Wildman–Crippen MR) is 93.8 cm³/mol. The van der Waals surface area contributed by atoms with Gasteiger partial charge in [0, 0.05) is 13.1 Å². The van der Waals surface area contributed by atoms with Gasteiger partial charge < -0.3 is 4.74 Å². The molecule has 0 fully saturated rings. The Kier molecular flexibility index (Phi) is 5.66. The van der Waals surface area contributed by atoms with Crippen molar-refractivity contribution in [3.63, 3.8) is 0 Å². The van der Waals surface area contributed by atoms with E-state index in [4.69, 9.17) is 4.74 Å². The molecule has 1 N–H and O–H groups in total. The minimum Gasteiger partial charge on any atom is -0.497 e. The van der Waals surface area contributed by atoms with Crippen LogP contribution in [0.15, 0.2) is 29.2 Å². The Balaban J connectivity index is 2.01. The monoisotopic (exact) mass is 351 g/mol. The normalized spacial score (nSPS) is 13.0. The Morgan fingerprint density at radius 3 is 2.38 bits per heavy atom. The van der Waals surface area contributed by atoms with E-state index < -0.39 is 10.0 Å². The molecule has 2 rings (SSSR count). The van der Waals surface area contributed by atoms with Crippen LogP contribution in [0.25, 0.3) is 0 Å². The molecule has 1 aromatic heterocycles. The predicted octanol–water partition coefficient (Wildman–Crippen LogP) is 2.35. The summed E-state index contributed by atoms with van der Waals surface area (Å²) < 4.78 is 34.7. The molecule has 0 unspecified atom stereocenters. The van der Waals surface area contributed by atoms with Gasteiger partial charge in [0.05, 0.1) is 18.5 Å². The van der Waals surface area contributed by atoms with Crippen LogP contribution in [0.4, 0.5) is 0 Å². The molecule has 0 radical (unpaired) electrons. The van der Waals surface area contributed by atoms with Gasteiger partial charge in [0.2, 0.25) is 10.0 Å². The summed E-state index contributed by atoms with van der Waals surface area (Å²) in [5.41, 5.74) is 2.31. The quantitative estimate of drug-likeness (QED) is 0.831. The summed E-state index contributed by atoms with van der Waals surface area (Å²) in [6.07, 6.45) is 1.50. The summed E-state index contributed by atoms with van der Waals surface area (Å²) >= 11 is 0. The lowest BCUT2D eigenvalue weighted by molar-refractivity contribution is 0.414. The summed E-state index contributed by atoms with van der Waals surface area (Å²) in [6, 6.07) is 7.64. The van der Waals surface area contributed by atoms with Gasteiger partial charge in [-0.3, -0.25) is 4.68 Å². The molecule has 0 saturated carbocycles. The molecular weight excluding hydrogens is 326 g/mol. The van der Waals surface area contributed by atoms with E-state index in [-0.39, 0.29) is 10.9 Å². The molecule has 0 spiro atoms. The van der Waals surface area contributed by atoms with Crippen molar-refractivity contribution in [3.05, 3.63) is 41.2 Å². The molecular formula is C17H25N3O3S. The van der Waals surface area contributed by atoms with Gasteiger partial charge in [-0.1, -0.05) is 12.1 Å². The third-order valence-electron chi connectivity index (χ3n) is 4.09. The standard InChI is InChI=1S/C17H25N3O3S/c1-12(6-7-15-8-10-16(23-5)11-9-15)19-24(21,22)17-13(2)18-20(4)14(17)3/h8-12,19H,6-7H2,1-5H3/t12-/m0/s1. The number of nitrogens with one attached hydrogen (secondary N) is 1. The van der Waals surface area contributed by atoms with Crippen LogP contribution >= 0.6 is 0 Å². The van der Waals surface area contributed by atoms with Gasteiger partial charge in [0.1, 0.15) is 10.6 Å². The minimum atomic E-state index is -3.57. The van der Waals surface area contributed by atoms with Crippen LogP contribution in [0.3, 0.4) is 0 Å². The molecule has 0 aliphatic rings. The minimum absolute atomic E-state index is 0.170. The molecule has 1 aromatic carbocycles. The van der Waals surface area contributed by atoms with Crippen LogP contribution in [0.2, 0.25) is 0 Å². The Morgan fingerprint density at radius 1 is 1.25 bits per heavy atom. The van der Waals surface area contributed by atoms with E-state index in [9.17, 15) is 8.42 Å². The number of aromatic nitrogens is 2. The zero-order valence-electron chi connectivity index (χ0n) is 14.8. The molecule has 6 nitrogen and oxygen atoms in total. The maximum atomic E-state index is 12.6. The maximum absolute atomic E-state index is 12.6. The van der Waals surface area contributed by atoms with Gasteiger partial charge in [-0.2, -0.15) is 5.10 Å². The summed E-state index contributed by atoms with van der Waals surface area (Å²) in [4.78, 5) is 0.279. The Labute approximate surface area is 143 Å². The second kappa shape index (κ2) is 7.36. The van der Waals surface area contributed by atoms with Gasteiger partial charge in [-0.25, -0.2) is 13.1 Å². The Hall–Kier alpha value is -1.86. The first-order valence-corrected chi connectivity index (χ1v) is 9.38. The highest BCUT2D eigenvalue weighted by molar-refractivity contribution is 7.89. The summed E-state index contributed by atoms with van der Waals surface area (Å²) in [5, 5.41) is 4.18. The van der Waals surface area contributed by atoms with Crippen molar-refractivity contribution in [1.29, 1.82) is 0 Å². The molecule has 0 saturated heterocycles. The van der Waals surface area contributed by atoms with Crippen LogP contribution in [0.5, 0.6) is 5.75 Å². The highest BCUT2D eigenvalue weighted by Crippen LogP contribution is 2.19. The fraction of sp³-hybridized carbons (Fsp3) is 0.471. The molecule has 7 heteroatoms. The third-order valence-corrected chi connectivity index (χ3v) is 5.93. The molecule has 0 bridgehead atoms. The van der Waals surface area contributed by atoms with Crippen molar-refractivity contribution < 1.29 is 13.2 Å². The first-order chi connectivity index (χ1) is 11.2. The van der Waals surface area contributed by atoms with Crippen molar-refractivity contribution in [1.82, 2.24) is 14.5 Å². The Morgan fingerprint density at radius 2 is 1.88 bits per heavy atom. The zero-order valence-corrected chi connectivity index (χ0v) is 15.6. The maximum Gasteiger partial charge on any atom is 0.244 e. The first kappa shape index (κ1) is 18.5. The topological polar surface area (TPSA) is 73.2 Å². The molecule has 0 aliphatic carbocycles. The molecule has 1 heterocycles. The lowest BCUT2D eigenvalue weighted by Gasteiger charge is -2.14. The van der Waals surface area contributed by atoms with E-state index in [0.29, 0.717) is 17.8 Å². The first-order valence-electron chi connectivity index (χ1n) is 7.90. The lowest BCUT2D eigenvalue weighted by Crippen LogP contribution is -2.33. The smallest absolute Gasteiger partial charge is 0.244 e. The van der Waals surface area contributed by atoms with Gasteiger partial charge >= 0.3 is 0 Å². The molecule has 2 aromatic rings. The number of hydrogen-bond donors (Lipinski definition) is 1. The number of nitrogens with zero attached hydrogens (tertiary/aromatic N) is 2. The van der Waals surface area contributed by atoms with E-state index in [2.05, 4.69) is 9.82 Å². The van der Waals surface area contributed by atoms with Crippen molar-refractivity contribution in [3.8, 4) is 5.75 Å². The average molecular weight is 351 g/mol. The van der Waals surface area contributed by atoms with Crippen molar-refractivity contribution in [2.75, 3.05) is 7.11 Å². The number of ether oxygens (including phenoxy) is 1. The summed E-state index contributed by atoms with van der Waals surface area (Å²) in [6.45, 7) is 5.35. The number of methoxy groups -OCH3 is 1. The van der Waals surface area contributed by atoms with Gasteiger partial charge in [0.15, 0.2) is 0 Å². The number of hydrogen-bond acceptors (Lipinski definition) is 4. The number of sulfonamides is 1. The SMILES string of the molecule is COc1ccc(CC[C@H](C)NS(=O)(=O)c2c(C)nn(C)c2C)cc1. The summed E-state index contributed by atoms with van der Waals surface area (Å²) in [7, 11) is -0.191. The summed E-state index contributed by atoms with van der Waals surface area (Å²) in [5.74, 6) is 0.815. The fourth-order valence-corrected chi connectivity index (χ4v) is 4.42. The highest BCUT2D eigenvalue weighted by atomic mass is 32.2. The molecule has 132 valence electrons. The van der Waals surface area contributed by atoms with Crippen LogP contribution in [0.1, 0.15) is 30.3 Å². The second-order valence-corrected chi connectivity index (χ2v) is 7.68. The molecule has 24 heavy (non-hydrogen) atoms. The van der Waals surface area contributed by atoms with E-state index >= 15 is 0 Å². The van der Waals surface area contributed by atoms with Gasteiger partial charge in [-0.05, 0) is 51.3 Å². The average Bonchev–Trinajstić information content (AvgIpc) is 2.78. The van der Waals surface area contributed by atoms with Crippen molar-refractivity contribution in [2.45, 2.75) is 44.6 Å². The number of aryl methyl sites for hydroxylation is 3. The molecule has 0 amide bonds. The second-order valence-electron chi connectivity index (χ2n) is 6.03. The van der Waals surface area contributed by atoms with Crippen LogP contribution in [-0.4, -0.2) is 31.3 Å². The van der Waals surface area contributed by atoms with Crippen LogP contribution < -0.4 is 9.46 Å². The van der Waals surface area contributed by atoms with E-state index in [1.165, 1.54) is 0 Å². The van der Waals surface area contributed by atoms with Gasteiger partial charge in [-0.15, -0.1) is 0 Å². The van der Waals surface area contributed by atoms with E-state index in [1.54, 1.807) is 32.7 Å². The van der Waals surface area contributed by atoms with E-state index in [1.807, 2.05) is 31.2 Å². The van der Waals surface area contributed by atoms with Crippen LogP contribution in [0, 0.1) is 13.8 Å². The van der Waals surface area contributed by atoms with Crippen molar-refractivity contribution in [2.24, 2.45) is 7.05 Å². The number of rotatable bonds is 7. The van der Waals surface area contributed by atoms with Crippen molar-refractivity contribution >= 4 is 10.0 Å². The molecule has 0 aliphatic heterocycles. The lowest BCUT2D eigenvalue weighted by atomic mass is 10.1. The zero-order chi connectivity index (χ0) is 17.9.